The van der Waals surface area contributed by atoms with E-state index >= 15 is 0 Å². The van der Waals surface area contributed by atoms with Crippen molar-refractivity contribution in [2.75, 3.05) is 14.2 Å². The number of halogens is 2. The maximum absolute atomic E-state index is 6.51. The fourth-order valence-corrected chi connectivity index (χ4v) is 2.92. The van der Waals surface area contributed by atoms with E-state index in [9.17, 15) is 0 Å². The van der Waals surface area contributed by atoms with Gasteiger partial charge in [-0.25, -0.2) is 0 Å². The molecule has 0 bridgehead atoms. The number of furan rings is 1. The second-order valence-corrected chi connectivity index (χ2v) is 5.54. The average molecular weight is 360 g/mol. The zero-order valence-corrected chi connectivity index (χ0v) is 13.9. The molecule has 5 heteroatoms. The highest BCUT2D eigenvalue weighted by Gasteiger charge is 2.20. The van der Waals surface area contributed by atoms with Crippen molar-refractivity contribution in [3.05, 3.63) is 45.8 Å². The van der Waals surface area contributed by atoms with Crippen molar-refractivity contribution in [3.63, 3.8) is 0 Å². The molecule has 0 aliphatic rings. The molecule has 0 aliphatic heterocycles. The van der Waals surface area contributed by atoms with Crippen LogP contribution in [0, 0.1) is 0 Å². The van der Waals surface area contributed by atoms with Gasteiger partial charge in [-0.15, -0.1) is 11.6 Å². The van der Waals surface area contributed by atoms with Gasteiger partial charge in [-0.1, -0.05) is 22.9 Å². The monoisotopic (exact) mass is 358 g/mol. The Morgan fingerprint density at radius 1 is 1.20 bits per heavy atom. The van der Waals surface area contributed by atoms with Gasteiger partial charge in [0.05, 0.1) is 14.2 Å². The Balaban J connectivity index is 2.40. The van der Waals surface area contributed by atoms with Crippen molar-refractivity contribution in [1.29, 1.82) is 0 Å². The summed E-state index contributed by atoms with van der Waals surface area (Å²) < 4.78 is 17.1. The van der Waals surface area contributed by atoms with Crippen LogP contribution in [0.2, 0.25) is 0 Å². The molecule has 3 nitrogen and oxygen atoms in total. The van der Waals surface area contributed by atoms with Crippen LogP contribution in [0.3, 0.4) is 0 Å². The van der Waals surface area contributed by atoms with Crippen molar-refractivity contribution < 1.29 is 13.9 Å². The molecule has 0 amide bonds. The van der Waals surface area contributed by atoms with Crippen LogP contribution in [0.25, 0.3) is 0 Å². The summed E-state index contributed by atoms with van der Waals surface area (Å²) in [4.78, 5) is 0. The van der Waals surface area contributed by atoms with Crippen LogP contribution in [0.5, 0.6) is 11.5 Å². The number of methoxy groups -OCH3 is 2. The third kappa shape index (κ3) is 2.96. The number of ether oxygens (including phenoxy) is 2. The lowest BCUT2D eigenvalue weighted by atomic mass is 10.1. The molecular weight excluding hydrogens is 344 g/mol. The molecule has 0 saturated heterocycles. The van der Waals surface area contributed by atoms with E-state index in [-0.39, 0.29) is 5.38 Å². The van der Waals surface area contributed by atoms with Crippen LogP contribution in [0.15, 0.2) is 33.2 Å². The maximum Gasteiger partial charge on any atom is 0.161 e. The molecule has 1 aromatic carbocycles. The summed E-state index contributed by atoms with van der Waals surface area (Å²) >= 11 is 10.0. The van der Waals surface area contributed by atoms with E-state index in [1.54, 1.807) is 14.2 Å². The first-order valence-corrected chi connectivity index (χ1v) is 7.47. The lowest BCUT2D eigenvalue weighted by molar-refractivity contribution is 0.354. The van der Waals surface area contributed by atoms with Crippen LogP contribution in [-0.4, -0.2) is 14.2 Å². The molecule has 0 fully saturated rings. The van der Waals surface area contributed by atoms with E-state index in [1.165, 1.54) is 0 Å². The van der Waals surface area contributed by atoms with Crippen molar-refractivity contribution in [2.24, 2.45) is 0 Å². The van der Waals surface area contributed by atoms with Crippen LogP contribution in [-0.2, 0) is 6.42 Å². The molecular formula is C15H16BrClO3. The van der Waals surface area contributed by atoms with Gasteiger partial charge in [0.25, 0.3) is 0 Å². The van der Waals surface area contributed by atoms with Crippen LogP contribution in [0.1, 0.15) is 29.4 Å². The van der Waals surface area contributed by atoms with Crippen LogP contribution >= 0.6 is 27.5 Å². The first kappa shape index (κ1) is 15.3. The summed E-state index contributed by atoms with van der Waals surface area (Å²) in [7, 11) is 3.20. The highest BCUT2D eigenvalue weighted by Crippen LogP contribution is 2.40. The highest BCUT2D eigenvalue weighted by atomic mass is 79.9. The van der Waals surface area contributed by atoms with Gasteiger partial charge in [-0.2, -0.15) is 0 Å². The third-order valence-electron chi connectivity index (χ3n) is 3.06. The Hall–Kier alpha value is -1.13. The summed E-state index contributed by atoms with van der Waals surface area (Å²) in [6.45, 7) is 2.04. The summed E-state index contributed by atoms with van der Waals surface area (Å²) in [5.74, 6) is 2.93. The highest BCUT2D eigenvalue weighted by molar-refractivity contribution is 9.10. The largest absolute Gasteiger partial charge is 0.493 e. The molecule has 20 heavy (non-hydrogen) atoms. The van der Waals surface area contributed by atoms with Gasteiger partial charge in [0.15, 0.2) is 11.5 Å². The molecule has 0 spiro atoms. The molecule has 1 atom stereocenters. The van der Waals surface area contributed by atoms with Crippen molar-refractivity contribution in [1.82, 2.24) is 0 Å². The standard InChI is InChI=1S/C15H16BrClO3/c1-4-9-5-6-12(20-9)15(17)10-7-13(18-2)14(19-3)8-11(10)16/h5-8,15H,4H2,1-3H3. The third-order valence-corrected chi connectivity index (χ3v) is 4.19. The Labute approximate surface area is 132 Å². The molecule has 1 unspecified atom stereocenters. The topological polar surface area (TPSA) is 31.6 Å². The van der Waals surface area contributed by atoms with Gasteiger partial charge < -0.3 is 13.9 Å². The average Bonchev–Trinajstić information content (AvgIpc) is 2.95. The summed E-state index contributed by atoms with van der Waals surface area (Å²) in [6.07, 6.45) is 0.844. The number of aryl methyl sites for hydroxylation is 1. The van der Waals surface area contributed by atoms with E-state index in [2.05, 4.69) is 15.9 Å². The van der Waals surface area contributed by atoms with Crippen molar-refractivity contribution >= 4 is 27.5 Å². The molecule has 0 saturated carbocycles. The molecule has 1 aromatic heterocycles. The smallest absolute Gasteiger partial charge is 0.161 e. The van der Waals surface area contributed by atoms with E-state index in [0.29, 0.717) is 11.5 Å². The number of alkyl halides is 1. The zero-order chi connectivity index (χ0) is 14.7. The predicted molar refractivity (Wildman–Crippen MR) is 83.0 cm³/mol. The summed E-state index contributed by atoms with van der Waals surface area (Å²) in [5.41, 5.74) is 0.876. The lowest BCUT2D eigenvalue weighted by Gasteiger charge is -2.14. The zero-order valence-electron chi connectivity index (χ0n) is 11.6. The molecule has 2 rings (SSSR count). The van der Waals surface area contributed by atoms with Gasteiger partial charge in [0, 0.05) is 10.9 Å². The number of hydrogen-bond acceptors (Lipinski definition) is 3. The fraction of sp³-hybridized carbons (Fsp3) is 0.333. The van der Waals surface area contributed by atoms with E-state index < -0.39 is 0 Å². The minimum Gasteiger partial charge on any atom is -0.493 e. The summed E-state index contributed by atoms with van der Waals surface area (Å²) in [5, 5.41) is -0.385. The molecule has 1 heterocycles. The molecule has 0 aliphatic carbocycles. The minimum atomic E-state index is -0.385. The fourth-order valence-electron chi connectivity index (χ4n) is 1.94. The molecule has 0 radical (unpaired) electrons. The van der Waals surface area contributed by atoms with Crippen LogP contribution < -0.4 is 9.47 Å². The van der Waals surface area contributed by atoms with Crippen molar-refractivity contribution in [3.8, 4) is 11.5 Å². The van der Waals surface area contributed by atoms with E-state index in [0.717, 1.165) is 28.0 Å². The first-order valence-electron chi connectivity index (χ1n) is 6.24. The van der Waals surface area contributed by atoms with Gasteiger partial charge >= 0.3 is 0 Å². The van der Waals surface area contributed by atoms with Gasteiger partial charge in [-0.05, 0) is 29.8 Å². The number of rotatable bonds is 5. The second kappa shape index (κ2) is 6.55. The maximum atomic E-state index is 6.51. The molecule has 0 N–H and O–H groups in total. The van der Waals surface area contributed by atoms with Crippen molar-refractivity contribution in [2.45, 2.75) is 18.7 Å². The Morgan fingerprint density at radius 2 is 1.85 bits per heavy atom. The van der Waals surface area contributed by atoms with Gasteiger partial charge in [-0.3, -0.25) is 0 Å². The quantitative estimate of drug-likeness (QED) is 0.708. The molecule has 108 valence electrons. The summed E-state index contributed by atoms with van der Waals surface area (Å²) in [6, 6.07) is 7.54. The Morgan fingerprint density at radius 3 is 2.40 bits per heavy atom. The first-order chi connectivity index (χ1) is 9.60. The van der Waals surface area contributed by atoms with Gasteiger partial charge in [0.2, 0.25) is 0 Å². The van der Waals surface area contributed by atoms with Crippen LogP contribution in [0.4, 0.5) is 0 Å². The van der Waals surface area contributed by atoms with Gasteiger partial charge in [0.1, 0.15) is 16.9 Å². The second-order valence-electron chi connectivity index (χ2n) is 4.25. The molecule has 2 aromatic rings. The number of benzene rings is 1. The number of hydrogen-bond donors (Lipinski definition) is 0. The minimum absolute atomic E-state index is 0.385. The Kier molecular flexibility index (Phi) is 5.00. The SMILES string of the molecule is CCc1ccc(C(Cl)c2cc(OC)c(OC)cc2Br)o1. The van der Waals surface area contributed by atoms with E-state index in [1.807, 2.05) is 31.2 Å². The van der Waals surface area contributed by atoms with E-state index in [4.69, 9.17) is 25.5 Å². The lowest BCUT2D eigenvalue weighted by Crippen LogP contribution is -1.97. The Bertz CT molecular complexity index is 595. The predicted octanol–water partition coefficient (Wildman–Crippen LogP) is 4.95. The normalized spacial score (nSPS) is 12.2.